The molecule has 80 valence electrons. The Morgan fingerprint density at radius 2 is 2.27 bits per heavy atom. The van der Waals surface area contributed by atoms with E-state index in [0.29, 0.717) is 5.69 Å². The summed E-state index contributed by atoms with van der Waals surface area (Å²) in [7, 11) is 1.76. The van der Waals surface area contributed by atoms with Crippen LogP contribution in [0, 0.1) is 17.1 Å². The summed E-state index contributed by atoms with van der Waals surface area (Å²) in [4.78, 5) is 1.75. The zero-order valence-electron chi connectivity index (χ0n) is 8.74. The summed E-state index contributed by atoms with van der Waals surface area (Å²) < 4.78 is 12.9. The van der Waals surface area contributed by atoms with Gasteiger partial charge in [-0.15, -0.1) is 0 Å². The van der Waals surface area contributed by atoms with Crippen molar-refractivity contribution in [2.24, 2.45) is 0 Å². The van der Waals surface area contributed by atoms with Crippen molar-refractivity contribution in [3.05, 3.63) is 29.6 Å². The first kappa shape index (κ1) is 11.5. The van der Waals surface area contributed by atoms with Gasteiger partial charge in [0.2, 0.25) is 0 Å². The molecule has 0 fully saturated rings. The van der Waals surface area contributed by atoms with Gasteiger partial charge in [-0.1, -0.05) is 0 Å². The number of aliphatic hydroxyl groups excluding tert-OH is 1. The third-order valence-corrected chi connectivity index (χ3v) is 2.38. The number of halogens is 1. The number of likely N-dealkylation sites (N-methyl/N-ethyl adjacent to an activating group) is 1. The lowest BCUT2D eigenvalue weighted by Crippen LogP contribution is -2.32. The molecule has 0 spiro atoms. The minimum absolute atomic E-state index is 0.0151. The van der Waals surface area contributed by atoms with Gasteiger partial charge < -0.3 is 10.0 Å². The van der Waals surface area contributed by atoms with Gasteiger partial charge in [0.25, 0.3) is 0 Å². The zero-order valence-corrected chi connectivity index (χ0v) is 8.74. The van der Waals surface area contributed by atoms with Crippen LogP contribution in [-0.2, 0) is 0 Å². The van der Waals surface area contributed by atoms with Crippen molar-refractivity contribution in [3.8, 4) is 6.07 Å². The van der Waals surface area contributed by atoms with Crippen molar-refractivity contribution in [1.82, 2.24) is 0 Å². The van der Waals surface area contributed by atoms with Gasteiger partial charge in [0, 0.05) is 13.1 Å². The molecule has 0 aliphatic heterocycles. The van der Waals surface area contributed by atoms with E-state index in [1.807, 2.05) is 13.0 Å². The van der Waals surface area contributed by atoms with Gasteiger partial charge in [0.05, 0.1) is 17.9 Å². The van der Waals surface area contributed by atoms with Crippen molar-refractivity contribution >= 4 is 5.69 Å². The molecular weight excluding hydrogens is 195 g/mol. The van der Waals surface area contributed by atoms with Crippen molar-refractivity contribution in [2.75, 3.05) is 18.6 Å². The van der Waals surface area contributed by atoms with Gasteiger partial charge in [-0.2, -0.15) is 5.26 Å². The summed E-state index contributed by atoms with van der Waals surface area (Å²) >= 11 is 0. The molecule has 0 unspecified atom stereocenters. The second kappa shape index (κ2) is 4.76. The molecule has 1 aromatic carbocycles. The van der Waals surface area contributed by atoms with Crippen LogP contribution in [0.25, 0.3) is 0 Å². The van der Waals surface area contributed by atoms with Crippen LogP contribution in [0.1, 0.15) is 12.5 Å². The summed E-state index contributed by atoms with van der Waals surface area (Å²) in [5, 5.41) is 17.8. The minimum Gasteiger partial charge on any atom is -0.394 e. The van der Waals surface area contributed by atoms with Crippen LogP contribution in [0.15, 0.2) is 18.2 Å². The van der Waals surface area contributed by atoms with Crippen LogP contribution in [-0.4, -0.2) is 24.8 Å². The van der Waals surface area contributed by atoms with Crippen LogP contribution in [0.5, 0.6) is 0 Å². The average molecular weight is 208 g/mol. The SMILES string of the molecule is C[C@H](CO)N(C)c1ccc(F)cc1C#N. The lowest BCUT2D eigenvalue weighted by atomic mass is 10.1. The molecule has 3 nitrogen and oxygen atoms in total. The van der Waals surface area contributed by atoms with Crippen LogP contribution < -0.4 is 4.90 Å². The van der Waals surface area contributed by atoms with Crippen molar-refractivity contribution in [2.45, 2.75) is 13.0 Å². The molecule has 0 aliphatic carbocycles. The highest BCUT2D eigenvalue weighted by atomic mass is 19.1. The first-order valence-corrected chi connectivity index (χ1v) is 4.63. The van der Waals surface area contributed by atoms with Gasteiger partial charge in [0.1, 0.15) is 11.9 Å². The van der Waals surface area contributed by atoms with E-state index in [9.17, 15) is 4.39 Å². The molecule has 0 saturated heterocycles. The number of hydrogen-bond acceptors (Lipinski definition) is 3. The highest BCUT2D eigenvalue weighted by Gasteiger charge is 2.13. The maximum atomic E-state index is 12.9. The average Bonchev–Trinajstić information content (AvgIpc) is 2.26. The molecule has 0 aromatic heterocycles. The second-order valence-corrected chi connectivity index (χ2v) is 3.42. The van der Waals surface area contributed by atoms with Gasteiger partial charge >= 0.3 is 0 Å². The maximum absolute atomic E-state index is 12.9. The third-order valence-electron chi connectivity index (χ3n) is 2.38. The van der Waals surface area contributed by atoms with Gasteiger partial charge in [0.15, 0.2) is 0 Å². The summed E-state index contributed by atoms with van der Waals surface area (Å²) in [6.07, 6.45) is 0. The Morgan fingerprint density at radius 3 is 2.80 bits per heavy atom. The number of aliphatic hydroxyl groups is 1. The maximum Gasteiger partial charge on any atom is 0.124 e. The lowest BCUT2D eigenvalue weighted by molar-refractivity contribution is 0.270. The summed E-state index contributed by atoms with van der Waals surface area (Å²) in [6, 6.07) is 5.86. The molecular formula is C11H13FN2O. The molecule has 15 heavy (non-hydrogen) atoms. The fraction of sp³-hybridized carbons (Fsp3) is 0.364. The number of rotatable bonds is 3. The van der Waals surface area contributed by atoms with E-state index in [1.165, 1.54) is 12.1 Å². The van der Waals surface area contributed by atoms with E-state index in [1.54, 1.807) is 18.0 Å². The van der Waals surface area contributed by atoms with Gasteiger partial charge in [-0.3, -0.25) is 0 Å². The molecule has 1 atom stereocenters. The highest BCUT2D eigenvalue weighted by Crippen LogP contribution is 2.21. The molecule has 0 radical (unpaired) electrons. The molecule has 1 N–H and O–H groups in total. The molecule has 0 amide bonds. The highest BCUT2D eigenvalue weighted by molar-refractivity contribution is 5.59. The Morgan fingerprint density at radius 1 is 1.60 bits per heavy atom. The third kappa shape index (κ3) is 2.45. The number of nitriles is 1. The standard InChI is InChI=1S/C11H13FN2O/c1-8(7-15)14(2)11-4-3-10(12)5-9(11)6-13/h3-5,8,15H,7H2,1-2H3/t8-/m1/s1. The Labute approximate surface area is 88.4 Å². The fourth-order valence-corrected chi connectivity index (χ4v) is 1.27. The zero-order chi connectivity index (χ0) is 11.4. The predicted octanol–water partition coefficient (Wildman–Crippen LogP) is 1.51. The van der Waals surface area contributed by atoms with E-state index in [-0.39, 0.29) is 18.2 Å². The first-order valence-electron chi connectivity index (χ1n) is 4.63. The molecule has 0 bridgehead atoms. The molecule has 0 aliphatic rings. The van der Waals surface area contributed by atoms with Crippen LogP contribution in [0.3, 0.4) is 0 Å². The molecule has 4 heteroatoms. The largest absolute Gasteiger partial charge is 0.394 e. The van der Waals surface area contributed by atoms with Crippen LogP contribution in [0.4, 0.5) is 10.1 Å². The summed E-state index contributed by atoms with van der Waals surface area (Å²) in [6.45, 7) is 1.81. The van der Waals surface area contributed by atoms with E-state index >= 15 is 0 Å². The molecule has 1 aromatic rings. The van der Waals surface area contributed by atoms with Gasteiger partial charge in [-0.25, -0.2) is 4.39 Å². The Hall–Kier alpha value is -1.60. The quantitative estimate of drug-likeness (QED) is 0.819. The van der Waals surface area contributed by atoms with E-state index in [4.69, 9.17) is 10.4 Å². The monoisotopic (exact) mass is 208 g/mol. The molecule has 1 rings (SSSR count). The van der Waals surface area contributed by atoms with Crippen molar-refractivity contribution < 1.29 is 9.50 Å². The predicted molar refractivity (Wildman–Crippen MR) is 56.1 cm³/mol. The summed E-state index contributed by atoms with van der Waals surface area (Å²) in [5.41, 5.74) is 0.901. The smallest absolute Gasteiger partial charge is 0.124 e. The Balaban J connectivity index is 3.09. The lowest BCUT2D eigenvalue weighted by Gasteiger charge is -2.26. The van der Waals surface area contributed by atoms with E-state index in [0.717, 1.165) is 0 Å². The van der Waals surface area contributed by atoms with Crippen molar-refractivity contribution in [1.29, 1.82) is 5.26 Å². The fourth-order valence-electron chi connectivity index (χ4n) is 1.27. The Bertz CT molecular complexity index is 387. The topological polar surface area (TPSA) is 47.3 Å². The Kier molecular flexibility index (Phi) is 3.64. The van der Waals surface area contributed by atoms with Gasteiger partial charge in [-0.05, 0) is 25.1 Å². The van der Waals surface area contributed by atoms with Crippen LogP contribution >= 0.6 is 0 Å². The summed E-state index contributed by atoms with van der Waals surface area (Å²) in [5.74, 6) is -0.430. The molecule has 0 saturated carbocycles. The molecule has 0 heterocycles. The minimum atomic E-state index is -0.430. The van der Waals surface area contributed by atoms with E-state index in [2.05, 4.69) is 0 Å². The number of anilines is 1. The van der Waals surface area contributed by atoms with Crippen LogP contribution in [0.2, 0.25) is 0 Å². The number of hydrogen-bond donors (Lipinski definition) is 1. The second-order valence-electron chi connectivity index (χ2n) is 3.42. The normalized spacial score (nSPS) is 11.9. The van der Waals surface area contributed by atoms with Crippen molar-refractivity contribution in [3.63, 3.8) is 0 Å². The number of benzene rings is 1. The first-order chi connectivity index (χ1) is 7.10. The number of nitrogens with zero attached hydrogens (tertiary/aromatic N) is 2. The van der Waals surface area contributed by atoms with E-state index < -0.39 is 5.82 Å².